The maximum atomic E-state index is 13.4. The Bertz CT molecular complexity index is 939. The number of anilines is 2. The summed E-state index contributed by atoms with van der Waals surface area (Å²) in [6.07, 6.45) is 4.62. The van der Waals surface area contributed by atoms with Crippen molar-refractivity contribution in [2.24, 2.45) is 0 Å². The first kappa shape index (κ1) is 20.9. The highest BCUT2D eigenvalue weighted by molar-refractivity contribution is 6.10. The Balaban J connectivity index is 1.56. The third-order valence-electron chi connectivity index (χ3n) is 5.81. The second-order valence-corrected chi connectivity index (χ2v) is 8.08. The number of hydrogen-bond donors (Lipinski definition) is 2. The van der Waals surface area contributed by atoms with Gasteiger partial charge in [-0.2, -0.15) is 0 Å². The molecule has 0 bridgehead atoms. The van der Waals surface area contributed by atoms with Crippen LogP contribution in [-0.2, 0) is 16.0 Å². The van der Waals surface area contributed by atoms with Crippen LogP contribution >= 0.6 is 0 Å². The fourth-order valence-corrected chi connectivity index (χ4v) is 4.20. The Kier molecular flexibility index (Phi) is 6.50. The maximum Gasteiger partial charge on any atom is 0.323 e. The van der Waals surface area contributed by atoms with Crippen molar-refractivity contribution in [1.29, 1.82) is 0 Å². The molecule has 162 valence electrons. The van der Waals surface area contributed by atoms with Crippen LogP contribution < -0.4 is 15.5 Å². The van der Waals surface area contributed by atoms with Crippen molar-refractivity contribution in [3.05, 3.63) is 60.2 Å². The Morgan fingerprint density at radius 3 is 2.35 bits per heavy atom. The molecule has 0 radical (unpaired) electrons. The molecule has 2 N–H and O–H groups in total. The summed E-state index contributed by atoms with van der Waals surface area (Å²) in [5.74, 6) is -0.318. The smallest absolute Gasteiger partial charge is 0.323 e. The van der Waals surface area contributed by atoms with E-state index in [9.17, 15) is 14.4 Å². The summed E-state index contributed by atoms with van der Waals surface area (Å²) in [6.45, 7) is 1.35. The summed E-state index contributed by atoms with van der Waals surface area (Å²) in [7, 11) is 0. The van der Waals surface area contributed by atoms with E-state index < -0.39 is 12.1 Å². The summed E-state index contributed by atoms with van der Waals surface area (Å²) in [5.41, 5.74) is 2.19. The number of nitrogens with one attached hydrogen (secondary N) is 2. The lowest BCUT2D eigenvalue weighted by Crippen LogP contribution is -2.55. The Labute approximate surface area is 182 Å². The van der Waals surface area contributed by atoms with Gasteiger partial charge < -0.3 is 15.5 Å². The zero-order valence-corrected chi connectivity index (χ0v) is 17.5. The highest BCUT2D eigenvalue weighted by Crippen LogP contribution is 2.29. The van der Waals surface area contributed by atoms with Crippen molar-refractivity contribution >= 4 is 29.2 Å². The molecular formula is C24H28N4O3. The monoisotopic (exact) mass is 420 g/mol. The van der Waals surface area contributed by atoms with Crippen LogP contribution in [0.15, 0.2) is 54.6 Å². The van der Waals surface area contributed by atoms with Crippen LogP contribution in [0.2, 0.25) is 0 Å². The van der Waals surface area contributed by atoms with Crippen LogP contribution in [0.3, 0.4) is 0 Å². The number of likely N-dealkylation sites (tertiary alicyclic amines) is 1. The highest BCUT2D eigenvalue weighted by Gasteiger charge is 2.32. The van der Waals surface area contributed by atoms with Gasteiger partial charge in [0.05, 0.1) is 11.4 Å². The standard InChI is InChI=1S/C24H28N4O3/c29-22-17-28(21-13-7-6-12-19(21)25-22)24(31)26-20(16-18-10-4-3-5-11-18)23(30)27-14-8-1-2-9-15-27/h3-7,10-13,20H,1-2,8-9,14-17H2,(H,25,29)(H,26,31). The van der Waals surface area contributed by atoms with Gasteiger partial charge in [0.25, 0.3) is 0 Å². The van der Waals surface area contributed by atoms with E-state index in [1.165, 1.54) is 4.90 Å². The number of benzene rings is 2. The molecule has 2 aliphatic heterocycles. The minimum absolute atomic E-state index is 0.0613. The predicted molar refractivity (Wildman–Crippen MR) is 120 cm³/mol. The van der Waals surface area contributed by atoms with Crippen LogP contribution in [0.4, 0.5) is 16.2 Å². The lowest BCUT2D eigenvalue weighted by molar-refractivity contribution is -0.133. The number of nitrogens with zero attached hydrogens (tertiary/aromatic N) is 2. The molecule has 1 saturated heterocycles. The van der Waals surface area contributed by atoms with Crippen molar-refractivity contribution in [3.63, 3.8) is 0 Å². The van der Waals surface area contributed by atoms with Gasteiger partial charge in [0, 0.05) is 19.5 Å². The van der Waals surface area contributed by atoms with Crippen LogP contribution in [0.1, 0.15) is 31.2 Å². The first-order valence-corrected chi connectivity index (χ1v) is 10.9. The first-order chi connectivity index (χ1) is 15.1. The SMILES string of the molecule is O=C1CN(C(=O)NC(Cc2ccccc2)C(=O)N2CCCCCC2)c2ccccc2N1. The molecule has 4 amide bonds. The fourth-order valence-electron chi connectivity index (χ4n) is 4.20. The average Bonchev–Trinajstić information content (AvgIpc) is 3.08. The minimum Gasteiger partial charge on any atom is -0.341 e. The Hall–Kier alpha value is -3.35. The van der Waals surface area contributed by atoms with E-state index in [2.05, 4.69) is 10.6 Å². The van der Waals surface area contributed by atoms with Crippen molar-refractivity contribution in [3.8, 4) is 0 Å². The third-order valence-corrected chi connectivity index (χ3v) is 5.81. The van der Waals surface area contributed by atoms with Gasteiger partial charge in [-0.25, -0.2) is 4.79 Å². The first-order valence-electron chi connectivity index (χ1n) is 10.9. The van der Waals surface area contributed by atoms with Gasteiger partial charge in [-0.15, -0.1) is 0 Å². The molecule has 2 aromatic rings. The van der Waals surface area contributed by atoms with Crippen molar-refractivity contribution in [1.82, 2.24) is 10.2 Å². The van der Waals surface area contributed by atoms with Crippen LogP contribution in [0, 0.1) is 0 Å². The van der Waals surface area contributed by atoms with Gasteiger partial charge in [0.15, 0.2) is 0 Å². The van der Waals surface area contributed by atoms with E-state index in [4.69, 9.17) is 0 Å². The van der Waals surface area contributed by atoms with Crippen molar-refractivity contribution in [2.75, 3.05) is 29.9 Å². The predicted octanol–water partition coefficient (Wildman–Crippen LogP) is 3.17. The van der Waals surface area contributed by atoms with Crippen molar-refractivity contribution < 1.29 is 14.4 Å². The van der Waals surface area contributed by atoms with E-state index in [0.29, 0.717) is 17.8 Å². The van der Waals surface area contributed by atoms with E-state index in [-0.39, 0.29) is 18.4 Å². The second-order valence-electron chi connectivity index (χ2n) is 8.08. The summed E-state index contributed by atoms with van der Waals surface area (Å²) in [4.78, 5) is 42.0. The van der Waals surface area contributed by atoms with E-state index in [0.717, 1.165) is 44.3 Å². The lowest BCUT2D eigenvalue weighted by Gasteiger charge is -2.32. The number of hydrogen-bond acceptors (Lipinski definition) is 3. The summed E-state index contributed by atoms with van der Waals surface area (Å²) < 4.78 is 0. The number of carbonyl (C=O) groups excluding carboxylic acids is 3. The van der Waals surface area contributed by atoms with Crippen LogP contribution in [-0.4, -0.2) is 48.4 Å². The van der Waals surface area contributed by atoms with Gasteiger partial charge in [-0.05, 0) is 30.5 Å². The quantitative estimate of drug-likeness (QED) is 0.797. The zero-order valence-electron chi connectivity index (χ0n) is 17.5. The van der Waals surface area contributed by atoms with Gasteiger partial charge in [-0.3, -0.25) is 14.5 Å². The van der Waals surface area contributed by atoms with Gasteiger partial charge in [0.1, 0.15) is 12.6 Å². The molecule has 1 unspecified atom stereocenters. The van der Waals surface area contributed by atoms with Crippen LogP contribution in [0.25, 0.3) is 0 Å². The molecule has 1 fully saturated rings. The number of rotatable bonds is 4. The molecule has 7 nitrogen and oxygen atoms in total. The molecule has 0 spiro atoms. The second kappa shape index (κ2) is 9.64. The summed E-state index contributed by atoms with van der Waals surface area (Å²) in [5, 5.41) is 5.71. The van der Waals surface area contributed by atoms with E-state index in [1.807, 2.05) is 47.4 Å². The Morgan fingerprint density at radius 2 is 1.61 bits per heavy atom. The van der Waals surface area contributed by atoms with E-state index >= 15 is 0 Å². The highest BCUT2D eigenvalue weighted by atomic mass is 16.2. The Morgan fingerprint density at radius 1 is 0.935 bits per heavy atom. The molecule has 31 heavy (non-hydrogen) atoms. The number of urea groups is 1. The normalized spacial score (nSPS) is 17.2. The van der Waals surface area contributed by atoms with Crippen LogP contribution in [0.5, 0.6) is 0 Å². The number of amides is 4. The summed E-state index contributed by atoms with van der Waals surface area (Å²) in [6, 6.07) is 15.7. The molecule has 0 saturated carbocycles. The molecule has 2 heterocycles. The molecule has 1 atom stereocenters. The number of carbonyl (C=O) groups is 3. The number of para-hydroxylation sites is 2. The van der Waals surface area contributed by atoms with E-state index in [1.54, 1.807) is 12.1 Å². The zero-order chi connectivity index (χ0) is 21.6. The largest absolute Gasteiger partial charge is 0.341 e. The third kappa shape index (κ3) is 5.05. The van der Waals surface area contributed by atoms with Gasteiger partial charge >= 0.3 is 6.03 Å². The van der Waals surface area contributed by atoms with Gasteiger partial charge in [0.2, 0.25) is 11.8 Å². The molecule has 2 aliphatic rings. The maximum absolute atomic E-state index is 13.4. The van der Waals surface area contributed by atoms with Crippen molar-refractivity contribution in [2.45, 2.75) is 38.1 Å². The lowest BCUT2D eigenvalue weighted by atomic mass is 10.0. The molecular weight excluding hydrogens is 392 g/mol. The molecule has 4 rings (SSSR count). The van der Waals surface area contributed by atoms with Gasteiger partial charge in [-0.1, -0.05) is 55.3 Å². The molecule has 0 aliphatic carbocycles. The fraction of sp³-hybridized carbons (Fsp3) is 0.375. The molecule has 2 aromatic carbocycles. The number of fused-ring (bicyclic) bond motifs is 1. The molecule has 7 heteroatoms. The topological polar surface area (TPSA) is 81.8 Å². The summed E-state index contributed by atoms with van der Waals surface area (Å²) >= 11 is 0. The average molecular weight is 421 g/mol. The minimum atomic E-state index is -0.690. The molecule has 0 aromatic heterocycles.